The lowest BCUT2D eigenvalue weighted by Gasteiger charge is -2.38. The van der Waals surface area contributed by atoms with E-state index in [1.807, 2.05) is 6.33 Å². The van der Waals surface area contributed by atoms with E-state index in [1.54, 1.807) is 0 Å². The number of aromatic nitrogens is 3. The molecule has 3 heterocycles. The summed E-state index contributed by atoms with van der Waals surface area (Å²) in [5, 5.41) is 11.7. The quantitative estimate of drug-likeness (QED) is 0.737. The molecule has 3 rings (SSSR count). The second kappa shape index (κ2) is 4.14. The zero-order valence-corrected chi connectivity index (χ0v) is 9.76. The number of nitrogens with one attached hydrogen (secondary N) is 1. The van der Waals surface area contributed by atoms with Crippen molar-refractivity contribution in [2.45, 2.75) is 44.9 Å². The minimum atomic E-state index is 0.682. The topological polar surface area (TPSA) is 46.0 Å². The van der Waals surface area contributed by atoms with Crippen LogP contribution in [-0.2, 0) is 13.1 Å². The zero-order chi connectivity index (χ0) is 11.0. The number of rotatable bonds is 1. The molecule has 2 aliphatic heterocycles. The summed E-state index contributed by atoms with van der Waals surface area (Å²) in [5.74, 6) is 1.12. The summed E-state index contributed by atoms with van der Waals surface area (Å²) in [4.78, 5) is 2.54. The number of fused-ring (bicyclic) bond motifs is 1. The summed E-state index contributed by atoms with van der Waals surface area (Å²) in [6.07, 6.45) is 4.43. The highest BCUT2D eigenvalue weighted by atomic mass is 15.3. The lowest BCUT2D eigenvalue weighted by molar-refractivity contribution is 0.121. The van der Waals surface area contributed by atoms with Gasteiger partial charge in [0.1, 0.15) is 12.2 Å². The average Bonchev–Trinajstić information content (AvgIpc) is 2.77. The van der Waals surface area contributed by atoms with E-state index in [-0.39, 0.29) is 0 Å². The molecular formula is C11H19N5. The Morgan fingerprint density at radius 1 is 1.38 bits per heavy atom. The van der Waals surface area contributed by atoms with Gasteiger partial charge in [0, 0.05) is 31.7 Å². The summed E-state index contributed by atoms with van der Waals surface area (Å²) in [7, 11) is 0. The van der Waals surface area contributed by atoms with E-state index in [0.717, 1.165) is 32.0 Å². The van der Waals surface area contributed by atoms with Crippen molar-refractivity contribution in [3.63, 3.8) is 0 Å². The standard InChI is InChI=1S/C11H19N5/c1-9-2-3-10(6-12-9)15-4-5-16-8-13-14-11(16)7-15/h8-10,12H,2-7H2,1H3. The first kappa shape index (κ1) is 10.2. The Morgan fingerprint density at radius 2 is 2.31 bits per heavy atom. The van der Waals surface area contributed by atoms with E-state index < -0.39 is 0 Å². The number of hydrogen-bond acceptors (Lipinski definition) is 4. The molecular weight excluding hydrogens is 202 g/mol. The first-order valence-corrected chi connectivity index (χ1v) is 6.17. The van der Waals surface area contributed by atoms with E-state index >= 15 is 0 Å². The predicted octanol–water partition coefficient (Wildman–Crippen LogP) is 0.234. The maximum atomic E-state index is 4.17. The van der Waals surface area contributed by atoms with Gasteiger partial charge in [0.25, 0.3) is 0 Å². The van der Waals surface area contributed by atoms with Crippen LogP contribution in [-0.4, -0.2) is 44.8 Å². The monoisotopic (exact) mass is 221 g/mol. The zero-order valence-electron chi connectivity index (χ0n) is 9.76. The Bertz CT molecular complexity index is 353. The molecule has 1 N–H and O–H groups in total. The number of piperidine rings is 1. The Labute approximate surface area is 95.8 Å². The predicted molar refractivity (Wildman–Crippen MR) is 60.9 cm³/mol. The van der Waals surface area contributed by atoms with Crippen LogP contribution in [0, 0.1) is 0 Å². The molecule has 2 unspecified atom stereocenters. The Kier molecular flexibility index (Phi) is 2.65. The molecule has 0 aliphatic carbocycles. The molecule has 0 saturated carbocycles. The highest BCUT2D eigenvalue weighted by Crippen LogP contribution is 2.18. The fraction of sp³-hybridized carbons (Fsp3) is 0.818. The molecule has 2 atom stereocenters. The maximum Gasteiger partial charge on any atom is 0.147 e. The van der Waals surface area contributed by atoms with Crippen LogP contribution in [0.5, 0.6) is 0 Å². The van der Waals surface area contributed by atoms with Crippen LogP contribution in [0.4, 0.5) is 0 Å². The SMILES string of the molecule is CC1CCC(N2CCn3cnnc3C2)CN1. The van der Waals surface area contributed by atoms with Gasteiger partial charge in [-0.1, -0.05) is 0 Å². The molecule has 0 amide bonds. The fourth-order valence-electron chi connectivity index (χ4n) is 2.69. The first-order valence-electron chi connectivity index (χ1n) is 6.17. The Morgan fingerprint density at radius 3 is 3.12 bits per heavy atom. The molecule has 1 aromatic rings. The van der Waals surface area contributed by atoms with Gasteiger partial charge >= 0.3 is 0 Å². The first-order chi connectivity index (χ1) is 7.83. The van der Waals surface area contributed by atoms with Gasteiger partial charge in [-0.15, -0.1) is 10.2 Å². The van der Waals surface area contributed by atoms with Crippen molar-refractivity contribution in [1.29, 1.82) is 0 Å². The summed E-state index contributed by atoms with van der Waals surface area (Å²) in [6, 6.07) is 1.37. The van der Waals surface area contributed by atoms with Crippen LogP contribution < -0.4 is 5.32 Å². The highest BCUT2D eigenvalue weighted by molar-refractivity contribution is 4.93. The van der Waals surface area contributed by atoms with E-state index in [9.17, 15) is 0 Å². The van der Waals surface area contributed by atoms with E-state index in [2.05, 4.69) is 31.9 Å². The lowest BCUT2D eigenvalue weighted by atomic mass is 10.0. The third-order valence-electron chi connectivity index (χ3n) is 3.82. The van der Waals surface area contributed by atoms with Crippen molar-refractivity contribution in [2.24, 2.45) is 0 Å². The van der Waals surface area contributed by atoms with Crippen molar-refractivity contribution >= 4 is 0 Å². The van der Waals surface area contributed by atoms with Gasteiger partial charge in [-0.25, -0.2) is 0 Å². The van der Waals surface area contributed by atoms with Crippen molar-refractivity contribution in [3.8, 4) is 0 Å². The molecule has 0 radical (unpaired) electrons. The van der Waals surface area contributed by atoms with Crippen molar-refractivity contribution in [1.82, 2.24) is 25.0 Å². The average molecular weight is 221 g/mol. The normalized spacial score (nSPS) is 31.3. The van der Waals surface area contributed by atoms with Gasteiger partial charge < -0.3 is 9.88 Å². The van der Waals surface area contributed by atoms with Crippen LogP contribution in [0.25, 0.3) is 0 Å². The number of hydrogen-bond donors (Lipinski definition) is 1. The molecule has 5 nitrogen and oxygen atoms in total. The second-order valence-corrected chi connectivity index (χ2v) is 4.95. The van der Waals surface area contributed by atoms with E-state index in [4.69, 9.17) is 0 Å². The molecule has 0 spiro atoms. The molecule has 88 valence electrons. The summed E-state index contributed by atoms with van der Waals surface area (Å²) >= 11 is 0. The fourth-order valence-corrected chi connectivity index (χ4v) is 2.69. The minimum Gasteiger partial charge on any atom is -0.315 e. The van der Waals surface area contributed by atoms with Crippen molar-refractivity contribution in [2.75, 3.05) is 13.1 Å². The molecule has 0 aromatic carbocycles. The molecule has 5 heteroatoms. The van der Waals surface area contributed by atoms with Crippen molar-refractivity contribution < 1.29 is 0 Å². The van der Waals surface area contributed by atoms with Crippen LogP contribution in [0.1, 0.15) is 25.6 Å². The number of nitrogens with zero attached hydrogens (tertiary/aromatic N) is 4. The molecule has 2 aliphatic rings. The molecule has 1 fully saturated rings. The van der Waals surface area contributed by atoms with Crippen LogP contribution in [0.15, 0.2) is 6.33 Å². The third kappa shape index (κ3) is 1.85. The van der Waals surface area contributed by atoms with Crippen LogP contribution in [0.3, 0.4) is 0 Å². The van der Waals surface area contributed by atoms with Crippen LogP contribution in [0.2, 0.25) is 0 Å². The largest absolute Gasteiger partial charge is 0.315 e. The smallest absolute Gasteiger partial charge is 0.147 e. The third-order valence-corrected chi connectivity index (χ3v) is 3.82. The lowest BCUT2D eigenvalue weighted by Crippen LogP contribution is -2.50. The van der Waals surface area contributed by atoms with Crippen molar-refractivity contribution in [3.05, 3.63) is 12.2 Å². The summed E-state index contributed by atoms with van der Waals surface area (Å²) < 4.78 is 2.16. The van der Waals surface area contributed by atoms with Gasteiger partial charge in [-0.05, 0) is 19.8 Å². The summed E-state index contributed by atoms with van der Waals surface area (Å²) in [6.45, 7) is 6.51. The van der Waals surface area contributed by atoms with Gasteiger partial charge in [0.05, 0.1) is 6.54 Å². The second-order valence-electron chi connectivity index (χ2n) is 4.95. The molecule has 16 heavy (non-hydrogen) atoms. The van der Waals surface area contributed by atoms with Gasteiger partial charge in [0.2, 0.25) is 0 Å². The molecule has 1 aromatic heterocycles. The maximum absolute atomic E-state index is 4.17. The summed E-state index contributed by atoms with van der Waals surface area (Å²) in [5.41, 5.74) is 0. The van der Waals surface area contributed by atoms with Gasteiger partial charge in [0.15, 0.2) is 0 Å². The van der Waals surface area contributed by atoms with Gasteiger partial charge in [-0.2, -0.15) is 0 Å². The highest BCUT2D eigenvalue weighted by Gasteiger charge is 2.27. The molecule has 0 bridgehead atoms. The van der Waals surface area contributed by atoms with Gasteiger partial charge in [-0.3, -0.25) is 4.90 Å². The van der Waals surface area contributed by atoms with E-state index in [0.29, 0.717) is 12.1 Å². The Balaban J connectivity index is 1.65. The van der Waals surface area contributed by atoms with E-state index in [1.165, 1.54) is 12.8 Å². The molecule has 1 saturated heterocycles. The van der Waals surface area contributed by atoms with Crippen LogP contribution >= 0.6 is 0 Å². The minimum absolute atomic E-state index is 0.682. The Hall–Kier alpha value is -0.940.